The number of nitrogens with zero attached hydrogens (tertiary/aromatic N) is 5. The highest BCUT2D eigenvalue weighted by molar-refractivity contribution is 7.94. The number of rotatable bonds is 15. The number of nitrogens with one attached hydrogen (secondary N) is 2. The maximum atomic E-state index is 12.6. The van der Waals surface area contributed by atoms with E-state index in [1.165, 1.54) is 19.2 Å². The average Bonchev–Trinajstić information content (AvgIpc) is 3.01. The molecule has 4 rings (SSSR count). The van der Waals surface area contributed by atoms with Crippen molar-refractivity contribution < 1.29 is 71.2 Å². The molecule has 4 aromatic rings. The van der Waals surface area contributed by atoms with E-state index in [2.05, 4.69) is 49.4 Å². The largest absolute Gasteiger partial charge is 0.505 e. The standard InChI is InChI=1S/C22H20ClN7O16S5/c1-24-21-26-20(23)27-22(28-21)25-14-8-11(47-46-45-32)6-10-7-16(50(38,39)40)18(19(31)17(10)14)30-29-13-3-2-12(9-15(13)49(35,36)37)48(33,34)5-4-44-51(41,42)43/h2-3,6-9,31-32H,4-5H2,1H3,(H,35,36,37)(H,38,39,40)(H,41,42,43)(H2,24,25,26,27,28). The molecule has 23 nitrogen and oxygen atoms in total. The van der Waals surface area contributed by atoms with E-state index in [9.17, 15) is 47.9 Å². The van der Waals surface area contributed by atoms with Gasteiger partial charge in [-0.3, -0.25) is 13.7 Å². The molecule has 3 aromatic carbocycles. The number of benzene rings is 3. The molecular weight excluding hydrogens is 814 g/mol. The summed E-state index contributed by atoms with van der Waals surface area (Å²) in [6, 6.07) is 5.14. The third-order valence-corrected chi connectivity index (χ3v) is 10.7. The second-order valence-corrected chi connectivity index (χ2v) is 16.4. The maximum Gasteiger partial charge on any atom is 0.397 e. The molecular formula is C22H20ClN7O16S5. The van der Waals surface area contributed by atoms with Crippen molar-refractivity contribution in [2.75, 3.05) is 30.0 Å². The van der Waals surface area contributed by atoms with Gasteiger partial charge >= 0.3 is 10.4 Å². The summed E-state index contributed by atoms with van der Waals surface area (Å²) in [6.07, 6.45) is 0. The first-order valence-corrected chi connectivity index (χ1v) is 19.8. The van der Waals surface area contributed by atoms with Crippen LogP contribution >= 0.6 is 23.6 Å². The first kappa shape index (κ1) is 39.9. The lowest BCUT2D eigenvalue weighted by Crippen LogP contribution is -2.16. The Bertz CT molecular complexity index is 2490. The molecule has 0 amide bonds. The van der Waals surface area contributed by atoms with Crippen LogP contribution in [0.4, 0.5) is 29.0 Å². The van der Waals surface area contributed by atoms with Crippen molar-refractivity contribution >= 4 is 104 Å². The molecule has 51 heavy (non-hydrogen) atoms. The molecule has 0 bridgehead atoms. The van der Waals surface area contributed by atoms with Crippen molar-refractivity contribution in [3.63, 3.8) is 0 Å². The topological polar surface area (TPSA) is 353 Å². The monoisotopic (exact) mass is 833 g/mol. The summed E-state index contributed by atoms with van der Waals surface area (Å²) in [5.74, 6) is -2.32. The number of anilines is 3. The molecule has 7 N–H and O–H groups in total. The minimum absolute atomic E-state index is 0.00313. The molecule has 1 aromatic heterocycles. The normalized spacial score (nSPS) is 12.8. The Morgan fingerprint density at radius 3 is 2.16 bits per heavy atom. The van der Waals surface area contributed by atoms with Crippen LogP contribution in [0.15, 0.2) is 66.2 Å². The van der Waals surface area contributed by atoms with Crippen molar-refractivity contribution in [3.05, 3.63) is 41.7 Å². The third-order valence-electron chi connectivity index (χ3n) is 6.05. The lowest BCUT2D eigenvalue weighted by atomic mass is 10.1. The summed E-state index contributed by atoms with van der Waals surface area (Å²) in [5, 5.41) is 35.4. The van der Waals surface area contributed by atoms with Gasteiger partial charge in [0.2, 0.25) is 17.2 Å². The van der Waals surface area contributed by atoms with Crippen LogP contribution in [0.3, 0.4) is 0 Å². The van der Waals surface area contributed by atoms with Crippen LogP contribution in [-0.2, 0) is 54.0 Å². The number of aromatic nitrogens is 3. The number of fused-ring (bicyclic) bond motifs is 1. The quantitative estimate of drug-likeness (QED) is 0.0297. The molecule has 0 saturated heterocycles. The molecule has 0 fully saturated rings. The van der Waals surface area contributed by atoms with Crippen molar-refractivity contribution in [2.24, 2.45) is 10.2 Å². The summed E-state index contributed by atoms with van der Waals surface area (Å²) in [4.78, 5) is 8.80. The van der Waals surface area contributed by atoms with Crippen LogP contribution in [0, 0.1) is 0 Å². The molecule has 0 unspecified atom stereocenters. The predicted molar refractivity (Wildman–Crippen MR) is 174 cm³/mol. The second-order valence-electron chi connectivity index (χ2n) is 9.34. The Hall–Kier alpha value is -3.91. The number of azo groups is 1. The van der Waals surface area contributed by atoms with E-state index in [0.29, 0.717) is 24.2 Å². The molecule has 0 saturated carbocycles. The number of phenols is 1. The third kappa shape index (κ3) is 10.1. The minimum Gasteiger partial charge on any atom is -0.505 e. The zero-order valence-corrected chi connectivity index (χ0v) is 29.6. The number of phenolic OH excluding ortho intramolecular Hbond substituents is 1. The van der Waals surface area contributed by atoms with E-state index in [1.807, 2.05) is 0 Å². The van der Waals surface area contributed by atoms with Crippen molar-refractivity contribution in [1.29, 1.82) is 0 Å². The Kier molecular flexibility index (Phi) is 12.0. The summed E-state index contributed by atoms with van der Waals surface area (Å²) in [7, 11) is -18.6. The Morgan fingerprint density at radius 2 is 1.55 bits per heavy atom. The highest BCUT2D eigenvalue weighted by atomic mass is 35.5. The van der Waals surface area contributed by atoms with Crippen LogP contribution in [0.2, 0.25) is 5.28 Å². The zero-order chi connectivity index (χ0) is 37.9. The molecule has 0 radical (unpaired) electrons. The molecule has 29 heteroatoms. The fourth-order valence-electron chi connectivity index (χ4n) is 4.04. The zero-order valence-electron chi connectivity index (χ0n) is 24.8. The van der Waals surface area contributed by atoms with Gasteiger partial charge in [0.05, 0.1) is 35.0 Å². The summed E-state index contributed by atoms with van der Waals surface area (Å²) in [6.45, 7) is -1.07. The molecule has 0 spiro atoms. The van der Waals surface area contributed by atoms with Gasteiger partial charge in [0.1, 0.15) is 21.2 Å². The van der Waals surface area contributed by atoms with E-state index in [4.69, 9.17) is 21.4 Å². The van der Waals surface area contributed by atoms with Crippen molar-refractivity contribution in [3.8, 4) is 5.75 Å². The van der Waals surface area contributed by atoms with E-state index in [-0.39, 0.29) is 38.5 Å². The van der Waals surface area contributed by atoms with Crippen LogP contribution in [0.5, 0.6) is 5.75 Å². The number of hydrogen-bond donors (Lipinski definition) is 7. The van der Waals surface area contributed by atoms with Gasteiger partial charge < -0.3 is 15.7 Å². The number of aromatic hydroxyl groups is 1. The van der Waals surface area contributed by atoms with Crippen LogP contribution in [-0.4, -0.2) is 92.1 Å². The Balaban J connectivity index is 1.92. The molecule has 0 aliphatic heterocycles. The lowest BCUT2D eigenvalue weighted by molar-refractivity contribution is -0.432. The SMILES string of the molecule is CNc1nc(Cl)nc(Nc2cc(SOOO)cc3cc(S(=O)(=O)O)c(N=Nc4ccc(S(=O)(=O)CCOS(=O)(=O)O)cc4S(=O)(=O)O)c(O)c23)n1. The van der Waals surface area contributed by atoms with Crippen LogP contribution in [0.25, 0.3) is 10.8 Å². The predicted octanol–water partition coefficient (Wildman–Crippen LogP) is 3.10. The van der Waals surface area contributed by atoms with E-state index >= 15 is 0 Å². The number of hydrogen-bond acceptors (Lipinski definition) is 21. The summed E-state index contributed by atoms with van der Waals surface area (Å²) < 4.78 is 133. The van der Waals surface area contributed by atoms with E-state index < -0.39 is 84.6 Å². The molecule has 0 aliphatic rings. The fourth-order valence-corrected chi connectivity index (χ4v) is 7.54. The van der Waals surface area contributed by atoms with Crippen LogP contribution in [0.1, 0.15) is 0 Å². The minimum atomic E-state index is -5.31. The fraction of sp³-hybridized carbons (Fsp3) is 0.136. The van der Waals surface area contributed by atoms with Gasteiger partial charge in [-0.25, -0.2) is 17.9 Å². The van der Waals surface area contributed by atoms with Gasteiger partial charge in [-0.2, -0.15) is 40.2 Å². The van der Waals surface area contributed by atoms with Gasteiger partial charge in [0.15, 0.2) is 15.6 Å². The smallest absolute Gasteiger partial charge is 0.397 e. The lowest BCUT2D eigenvalue weighted by Gasteiger charge is -2.15. The second kappa shape index (κ2) is 15.4. The van der Waals surface area contributed by atoms with Crippen molar-refractivity contribution in [1.82, 2.24) is 15.0 Å². The highest BCUT2D eigenvalue weighted by Gasteiger charge is 2.26. The first-order valence-electron chi connectivity index (χ1n) is 12.8. The summed E-state index contributed by atoms with van der Waals surface area (Å²) >= 11 is 6.35. The Labute approximate surface area is 296 Å². The van der Waals surface area contributed by atoms with Gasteiger partial charge in [-0.1, -0.05) is 5.04 Å². The highest BCUT2D eigenvalue weighted by Crippen LogP contribution is 2.46. The van der Waals surface area contributed by atoms with Gasteiger partial charge in [0, 0.05) is 17.3 Å². The number of sulfone groups is 1. The molecule has 276 valence electrons. The van der Waals surface area contributed by atoms with Crippen LogP contribution < -0.4 is 10.6 Å². The van der Waals surface area contributed by atoms with E-state index in [1.54, 1.807) is 0 Å². The average molecular weight is 834 g/mol. The molecule has 0 aliphatic carbocycles. The Morgan fingerprint density at radius 1 is 0.882 bits per heavy atom. The molecule has 1 heterocycles. The summed E-state index contributed by atoms with van der Waals surface area (Å²) in [5.41, 5.74) is -1.92. The van der Waals surface area contributed by atoms with E-state index in [0.717, 1.165) is 12.1 Å². The molecule has 0 atom stereocenters. The first-order chi connectivity index (χ1) is 23.6. The van der Waals surface area contributed by atoms with Gasteiger partial charge in [-0.15, -0.1) is 14.6 Å². The van der Waals surface area contributed by atoms with Gasteiger partial charge in [0.25, 0.3) is 20.2 Å². The maximum absolute atomic E-state index is 12.6. The number of halogens is 1. The van der Waals surface area contributed by atoms with Gasteiger partial charge in [-0.05, 0) is 53.4 Å². The van der Waals surface area contributed by atoms with Crippen molar-refractivity contribution in [2.45, 2.75) is 19.6 Å².